The molecule has 228 valence electrons. The van der Waals surface area contributed by atoms with E-state index >= 15 is 0 Å². The van der Waals surface area contributed by atoms with Crippen LogP contribution in [0.4, 0.5) is 0 Å². The van der Waals surface area contributed by atoms with Crippen molar-refractivity contribution in [1.82, 2.24) is 15.5 Å². The fraction of sp³-hybridized carbons (Fsp3) is 0.935. The number of hydrogen-bond donors (Lipinski definition) is 4. The first-order chi connectivity index (χ1) is 19.4. The topological polar surface area (TPSA) is 110 Å². The quantitative estimate of drug-likeness (QED) is 0.340. The predicted octanol–water partition coefficient (Wildman–Crippen LogP) is 1.61. The molecule has 0 bridgehead atoms. The van der Waals surface area contributed by atoms with Crippen molar-refractivity contribution < 1.29 is 24.0 Å². The van der Waals surface area contributed by atoms with E-state index in [1.807, 2.05) is 0 Å². The summed E-state index contributed by atoms with van der Waals surface area (Å²) in [5.41, 5.74) is 7.00. The molecule has 5 fully saturated rings. The smallest absolute Gasteiger partial charge is 0.234 e. The molecule has 2 saturated carbocycles. The van der Waals surface area contributed by atoms with Crippen molar-refractivity contribution >= 4 is 11.8 Å². The monoisotopic (exact) mass is 562 g/mol. The van der Waals surface area contributed by atoms with Crippen molar-refractivity contribution in [3.8, 4) is 0 Å². The molecule has 10 atom stereocenters. The molecule has 9 heteroatoms. The Morgan fingerprint density at radius 3 is 2.52 bits per heavy atom. The van der Waals surface area contributed by atoms with E-state index in [4.69, 9.17) is 15.2 Å². The van der Waals surface area contributed by atoms with E-state index in [1.165, 1.54) is 37.0 Å². The third kappa shape index (κ3) is 6.54. The number of quaternary nitrogens is 1. The van der Waals surface area contributed by atoms with Crippen molar-refractivity contribution in [1.29, 1.82) is 0 Å². The van der Waals surface area contributed by atoms with E-state index < -0.39 is 0 Å². The Morgan fingerprint density at radius 1 is 1.00 bits per heavy atom. The minimum Gasteiger partial charge on any atom is -0.379 e. The Kier molecular flexibility index (Phi) is 10.4. The molecule has 2 amide bonds. The molecule has 0 aromatic carbocycles. The minimum atomic E-state index is -0.344. The van der Waals surface area contributed by atoms with Gasteiger partial charge < -0.3 is 24.6 Å². The average Bonchev–Trinajstić information content (AvgIpc) is 2.97. The molecular formula is C31H56N5O4+. The van der Waals surface area contributed by atoms with Crippen LogP contribution in [0.15, 0.2) is 0 Å². The molecule has 3 saturated heterocycles. The van der Waals surface area contributed by atoms with Gasteiger partial charge in [0, 0.05) is 27.3 Å². The summed E-state index contributed by atoms with van der Waals surface area (Å²) in [4.78, 5) is 30.8. The summed E-state index contributed by atoms with van der Waals surface area (Å²) in [6.07, 6.45) is 14.4. The maximum atomic E-state index is 13.9. The number of piperidine rings is 2. The van der Waals surface area contributed by atoms with Crippen molar-refractivity contribution in [3.05, 3.63) is 0 Å². The second-order valence-corrected chi connectivity index (χ2v) is 13.6. The summed E-state index contributed by atoms with van der Waals surface area (Å²) in [7, 11) is 3.55. The van der Waals surface area contributed by atoms with Crippen molar-refractivity contribution in [2.24, 2.45) is 35.3 Å². The largest absolute Gasteiger partial charge is 0.379 e. The van der Waals surface area contributed by atoms with Crippen molar-refractivity contribution in [2.75, 3.05) is 33.9 Å². The van der Waals surface area contributed by atoms with Gasteiger partial charge in [-0.05, 0) is 69.1 Å². The van der Waals surface area contributed by atoms with Gasteiger partial charge in [-0.15, -0.1) is 0 Å². The van der Waals surface area contributed by atoms with Crippen molar-refractivity contribution in [3.63, 3.8) is 0 Å². The highest BCUT2D eigenvalue weighted by atomic mass is 16.5. The number of carbonyl (C=O) groups excluding carboxylic acids is 2. The first-order valence-corrected chi connectivity index (χ1v) is 16.4. The lowest BCUT2D eigenvalue weighted by molar-refractivity contribution is -0.965. The fourth-order valence-electron chi connectivity index (χ4n) is 8.77. The Morgan fingerprint density at radius 2 is 1.77 bits per heavy atom. The Bertz CT molecular complexity index is 854. The number of amides is 2. The Balaban J connectivity index is 1.27. The molecule has 9 nitrogen and oxygen atoms in total. The van der Waals surface area contributed by atoms with Crippen LogP contribution in [-0.2, 0) is 19.1 Å². The number of fused-ring (bicyclic) bond motifs is 2. The van der Waals surface area contributed by atoms with Gasteiger partial charge in [0.2, 0.25) is 11.8 Å². The maximum Gasteiger partial charge on any atom is 0.234 e. The van der Waals surface area contributed by atoms with Crippen LogP contribution in [0.2, 0.25) is 0 Å². The van der Waals surface area contributed by atoms with E-state index in [1.54, 1.807) is 14.2 Å². The van der Waals surface area contributed by atoms with E-state index in [0.717, 1.165) is 70.5 Å². The zero-order chi connectivity index (χ0) is 28.2. The molecule has 5 aliphatic rings. The van der Waals surface area contributed by atoms with Crippen LogP contribution in [-0.4, -0.2) is 81.3 Å². The summed E-state index contributed by atoms with van der Waals surface area (Å²) in [5.74, 6) is 1.40. The summed E-state index contributed by atoms with van der Waals surface area (Å²) in [6.45, 7) is 4.63. The molecule has 0 aromatic rings. The normalized spacial score (nSPS) is 40.8. The third-order valence-corrected chi connectivity index (χ3v) is 11.3. The SMILES string of the molecule is COC1CCC(CC[NH+]2C(N)C(C(=O)NCCC3CCCCC3)CC3C(=O)N4CCCC(C)C4NC32)CC1OC. The number of hydrogen-bond acceptors (Lipinski definition) is 6. The zero-order valence-corrected chi connectivity index (χ0v) is 25.2. The highest BCUT2D eigenvalue weighted by Gasteiger charge is 2.56. The highest BCUT2D eigenvalue weighted by molar-refractivity contribution is 5.83. The lowest BCUT2D eigenvalue weighted by Gasteiger charge is -2.54. The van der Waals surface area contributed by atoms with Gasteiger partial charge in [0.1, 0.15) is 11.8 Å². The number of methoxy groups -OCH3 is 2. The first-order valence-electron chi connectivity index (χ1n) is 16.4. The third-order valence-electron chi connectivity index (χ3n) is 11.3. The highest BCUT2D eigenvalue weighted by Crippen LogP contribution is 2.34. The lowest BCUT2D eigenvalue weighted by Crippen LogP contribution is -3.26. The second kappa shape index (κ2) is 13.8. The molecule has 3 heterocycles. The lowest BCUT2D eigenvalue weighted by atomic mass is 9.78. The van der Waals surface area contributed by atoms with Gasteiger partial charge >= 0.3 is 0 Å². The van der Waals surface area contributed by atoms with Gasteiger partial charge in [-0.2, -0.15) is 0 Å². The van der Waals surface area contributed by atoms with Crippen molar-refractivity contribution in [2.45, 2.75) is 121 Å². The van der Waals surface area contributed by atoms with Gasteiger partial charge in [0.05, 0.1) is 24.9 Å². The number of carbonyl (C=O) groups is 2. The Hall–Kier alpha value is -1.26. The average molecular weight is 563 g/mol. The number of nitrogens with zero attached hydrogens (tertiary/aromatic N) is 1. The van der Waals surface area contributed by atoms with Crippen LogP contribution >= 0.6 is 0 Å². The van der Waals surface area contributed by atoms with Gasteiger partial charge in [-0.1, -0.05) is 39.0 Å². The van der Waals surface area contributed by atoms with E-state index in [2.05, 4.69) is 22.5 Å². The van der Waals surface area contributed by atoms with Crippen LogP contribution < -0.4 is 21.3 Å². The van der Waals surface area contributed by atoms with E-state index in [0.29, 0.717) is 18.3 Å². The van der Waals surface area contributed by atoms with Gasteiger partial charge in [-0.25, -0.2) is 5.32 Å². The second-order valence-electron chi connectivity index (χ2n) is 13.6. The molecule has 0 radical (unpaired) electrons. The van der Waals surface area contributed by atoms with Gasteiger partial charge in [-0.3, -0.25) is 15.3 Å². The summed E-state index contributed by atoms with van der Waals surface area (Å²) < 4.78 is 11.4. The minimum absolute atomic E-state index is 0.0378. The van der Waals surface area contributed by atoms with Crippen LogP contribution in [0.5, 0.6) is 0 Å². The van der Waals surface area contributed by atoms with Crippen LogP contribution in [0.1, 0.15) is 90.4 Å². The number of nitrogens with two attached hydrogens (primary N) is 1. The predicted molar refractivity (Wildman–Crippen MR) is 154 cm³/mol. The number of likely N-dealkylation sites (tertiary alicyclic amines) is 1. The molecule has 0 aromatic heterocycles. The molecule has 0 spiro atoms. The summed E-state index contributed by atoms with van der Waals surface area (Å²) in [6, 6.07) is 0. The molecule has 10 unspecified atom stereocenters. The van der Waals surface area contributed by atoms with E-state index in [9.17, 15) is 9.59 Å². The number of rotatable bonds is 9. The molecule has 3 aliphatic heterocycles. The molecule has 40 heavy (non-hydrogen) atoms. The number of nitrogens with one attached hydrogen (secondary N) is 3. The number of ether oxygens (including phenoxy) is 2. The fourth-order valence-corrected chi connectivity index (χ4v) is 8.77. The van der Waals surface area contributed by atoms with E-state index in [-0.39, 0.29) is 54.4 Å². The summed E-state index contributed by atoms with van der Waals surface area (Å²) >= 11 is 0. The summed E-state index contributed by atoms with van der Waals surface area (Å²) in [5, 5.41) is 7.15. The molecule has 5 rings (SSSR count). The zero-order valence-electron chi connectivity index (χ0n) is 25.2. The molecular weight excluding hydrogens is 506 g/mol. The van der Waals surface area contributed by atoms with Crippen LogP contribution in [0.25, 0.3) is 0 Å². The van der Waals surface area contributed by atoms with Crippen LogP contribution in [0, 0.1) is 29.6 Å². The van der Waals surface area contributed by atoms with Gasteiger partial charge in [0.25, 0.3) is 0 Å². The van der Waals surface area contributed by atoms with Gasteiger partial charge in [0.15, 0.2) is 12.3 Å². The maximum absolute atomic E-state index is 13.9. The Labute approximate surface area is 241 Å². The molecule has 5 N–H and O–H groups in total. The molecule has 2 aliphatic carbocycles. The first kappa shape index (κ1) is 30.2. The standard InChI is InChI=1S/C31H55N5O4/c1-20-8-7-16-36-28(20)34-29-24(31(36)38)19-23(30(37)33-15-13-21-9-5-4-6-10-21)27(32)35(29)17-14-22-11-12-25(39-2)26(18-22)40-3/h20-29,34H,4-19,32H2,1-3H3,(H,33,37)/p+1. The van der Waals surface area contributed by atoms with Crippen LogP contribution in [0.3, 0.4) is 0 Å².